The SMILES string of the molecule is CCCC(CC)NCc1ccncc1. The standard InChI is InChI=1S/C12H20N2/c1-3-5-12(4-2)14-10-11-6-8-13-9-7-11/h6-9,12,14H,3-5,10H2,1-2H3. The van der Waals surface area contributed by atoms with Crippen molar-refractivity contribution in [3.63, 3.8) is 0 Å². The van der Waals surface area contributed by atoms with Gasteiger partial charge >= 0.3 is 0 Å². The first-order valence-corrected chi connectivity index (χ1v) is 5.49. The van der Waals surface area contributed by atoms with Gasteiger partial charge in [-0.25, -0.2) is 0 Å². The molecule has 1 N–H and O–H groups in total. The molecule has 78 valence electrons. The molecule has 0 bridgehead atoms. The maximum absolute atomic E-state index is 4.00. The molecule has 0 saturated heterocycles. The average Bonchev–Trinajstić information content (AvgIpc) is 2.25. The van der Waals surface area contributed by atoms with Crippen molar-refractivity contribution in [1.82, 2.24) is 10.3 Å². The highest BCUT2D eigenvalue weighted by atomic mass is 14.9. The molecule has 0 fully saturated rings. The third kappa shape index (κ3) is 3.88. The minimum Gasteiger partial charge on any atom is -0.310 e. The molecule has 2 nitrogen and oxygen atoms in total. The van der Waals surface area contributed by atoms with Gasteiger partial charge in [0.2, 0.25) is 0 Å². The molecule has 1 atom stereocenters. The maximum atomic E-state index is 4.00. The lowest BCUT2D eigenvalue weighted by atomic mass is 10.1. The van der Waals surface area contributed by atoms with Crippen LogP contribution in [0.25, 0.3) is 0 Å². The van der Waals surface area contributed by atoms with Gasteiger partial charge < -0.3 is 5.32 Å². The molecular formula is C12H20N2. The highest BCUT2D eigenvalue weighted by molar-refractivity contribution is 5.09. The molecule has 0 aliphatic carbocycles. The zero-order valence-corrected chi connectivity index (χ0v) is 9.16. The summed E-state index contributed by atoms with van der Waals surface area (Å²) in [5.74, 6) is 0. The lowest BCUT2D eigenvalue weighted by molar-refractivity contribution is 0.462. The van der Waals surface area contributed by atoms with Crippen molar-refractivity contribution in [2.45, 2.75) is 45.7 Å². The van der Waals surface area contributed by atoms with Gasteiger partial charge in [0, 0.05) is 25.0 Å². The molecule has 14 heavy (non-hydrogen) atoms. The molecule has 0 aliphatic rings. The third-order valence-electron chi connectivity index (χ3n) is 2.47. The molecule has 0 saturated carbocycles. The van der Waals surface area contributed by atoms with Gasteiger partial charge in [-0.05, 0) is 30.5 Å². The van der Waals surface area contributed by atoms with E-state index in [0.29, 0.717) is 6.04 Å². The lowest BCUT2D eigenvalue weighted by Crippen LogP contribution is -2.27. The van der Waals surface area contributed by atoms with Crippen LogP contribution in [0.1, 0.15) is 38.7 Å². The van der Waals surface area contributed by atoms with E-state index < -0.39 is 0 Å². The van der Waals surface area contributed by atoms with Crippen LogP contribution >= 0.6 is 0 Å². The summed E-state index contributed by atoms with van der Waals surface area (Å²) in [6, 6.07) is 4.78. The Labute approximate surface area is 86.8 Å². The molecule has 2 heteroatoms. The fourth-order valence-electron chi connectivity index (χ4n) is 1.56. The second kappa shape index (κ2) is 6.55. The van der Waals surface area contributed by atoms with Crippen molar-refractivity contribution in [3.8, 4) is 0 Å². The highest BCUT2D eigenvalue weighted by Crippen LogP contribution is 2.03. The third-order valence-corrected chi connectivity index (χ3v) is 2.47. The Bertz CT molecular complexity index is 233. The van der Waals surface area contributed by atoms with Crippen LogP contribution in [0.3, 0.4) is 0 Å². The Balaban J connectivity index is 2.32. The number of hydrogen-bond acceptors (Lipinski definition) is 2. The predicted octanol–water partition coefficient (Wildman–Crippen LogP) is 2.75. The van der Waals surface area contributed by atoms with E-state index in [4.69, 9.17) is 0 Å². The van der Waals surface area contributed by atoms with Gasteiger partial charge in [0.25, 0.3) is 0 Å². The molecule has 0 amide bonds. The Morgan fingerprint density at radius 1 is 1.29 bits per heavy atom. The van der Waals surface area contributed by atoms with Crippen LogP contribution in [0.4, 0.5) is 0 Å². The van der Waals surface area contributed by atoms with Gasteiger partial charge in [-0.3, -0.25) is 4.98 Å². The first-order valence-electron chi connectivity index (χ1n) is 5.49. The fourth-order valence-corrected chi connectivity index (χ4v) is 1.56. The van der Waals surface area contributed by atoms with Crippen molar-refractivity contribution < 1.29 is 0 Å². The average molecular weight is 192 g/mol. The number of nitrogens with zero attached hydrogens (tertiary/aromatic N) is 1. The van der Waals surface area contributed by atoms with Crippen LogP contribution in [0.2, 0.25) is 0 Å². The van der Waals surface area contributed by atoms with E-state index in [0.717, 1.165) is 6.54 Å². The molecular weight excluding hydrogens is 172 g/mol. The smallest absolute Gasteiger partial charge is 0.0271 e. The number of rotatable bonds is 6. The van der Waals surface area contributed by atoms with Crippen molar-refractivity contribution in [2.24, 2.45) is 0 Å². The monoisotopic (exact) mass is 192 g/mol. The van der Waals surface area contributed by atoms with E-state index in [2.05, 4.69) is 36.3 Å². The molecule has 1 aromatic rings. The number of aromatic nitrogens is 1. The summed E-state index contributed by atoms with van der Waals surface area (Å²) in [4.78, 5) is 4.00. The summed E-state index contributed by atoms with van der Waals surface area (Å²) in [5.41, 5.74) is 1.31. The van der Waals surface area contributed by atoms with Crippen LogP contribution in [0.5, 0.6) is 0 Å². The Morgan fingerprint density at radius 3 is 2.57 bits per heavy atom. The lowest BCUT2D eigenvalue weighted by Gasteiger charge is -2.15. The summed E-state index contributed by atoms with van der Waals surface area (Å²) in [5, 5.41) is 3.56. The number of hydrogen-bond donors (Lipinski definition) is 1. The Hall–Kier alpha value is -0.890. The van der Waals surface area contributed by atoms with Gasteiger partial charge in [0.15, 0.2) is 0 Å². The van der Waals surface area contributed by atoms with E-state index in [1.807, 2.05) is 12.4 Å². The molecule has 0 spiro atoms. The Morgan fingerprint density at radius 2 is 2.00 bits per heavy atom. The molecule has 0 aromatic carbocycles. The minimum absolute atomic E-state index is 0.660. The summed E-state index contributed by atoms with van der Waals surface area (Å²) < 4.78 is 0. The van der Waals surface area contributed by atoms with Crippen LogP contribution in [-0.4, -0.2) is 11.0 Å². The zero-order chi connectivity index (χ0) is 10.2. The summed E-state index contributed by atoms with van der Waals surface area (Å²) in [6.07, 6.45) is 7.41. The van der Waals surface area contributed by atoms with Crippen molar-refractivity contribution >= 4 is 0 Å². The van der Waals surface area contributed by atoms with Crippen LogP contribution in [0.15, 0.2) is 24.5 Å². The first kappa shape index (κ1) is 11.2. The van der Waals surface area contributed by atoms with Gasteiger partial charge in [0.1, 0.15) is 0 Å². The summed E-state index contributed by atoms with van der Waals surface area (Å²) in [6.45, 7) is 5.43. The normalized spacial score (nSPS) is 12.7. The first-order chi connectivity index (χ1) is 6.86. The van der Waals surface area contributed by atoms with E-state index >= 15 is 0 Å². The van der Waals surface area contributed by atoms with Gasteiger partial charge in [-0.1, -0.05) is 20.3 Å². The fraction of sp³-hybridized carbons (Fsp3) is 0.583. The Kier molecular flexibility index (Phi) is 5.23. The molecule has 1 heterocycles. The second-order valence-electron chi connectivity index (χ2n) is 3.63. The zero-order valence-electron chi connectivity index (χ0n) is 9.16. The number of pyridine rings is 1. The molecule has 1 rings (SSSR count). The van der Waals surface area contributed by atoms with E-state index in [1.54, 1.807) is 0 Å². The molecule has 0 radical (unpaired) electrons. The number of nitrogens with one attached hydrogen (secondary N) is 1. The van der Waals surface area contributed by atoms with Gasteiger partial charge in [-0.15, -0.1) is 0 Å². The van der Waals surface area contributed by atoms with E-state index in [1.165, 1.54) is 24.8 Å². The van der Waals surface area contributed by atoms with Crippen LogP contribution in [0, 0.1) is 0 Å². The minimum atomic E-state index is 0.660. The summed E-state index contributed by atoms with van der Waals surface area (Å²) in [7, 11) is 0. The van der Waals surface area contributed by atoms with Crippen molar-refractivity contribution in [2.75, 3.05) is 0 Å². The van der Waals surface area contributed by atoms with Crippen LogP contribution < -0.4 is 5.32 Å². The van der Waals surface area contributed by atoms with Crippen molar-refractivity contribution in [1.29, 1.82) is 0 Å². The van der Waals surface area contributed by atoms with Gasteiger partial charge in [0.05, 0.1) is 0 Å². The quantitative estimate of drug-likeness (QED) is 0.749. The molecule has 1 unspecified atom stereocenters. The predicted molar refractivity (Wildman–Crippen MR) is 60.1 cm³/mol. The highest BCUT2D eigenvalue weighted by Gasteiger charge is 2.03. The van der Waals surface area contributed by atoms with Gasteiger partial charge in [-0.2, -0.15) is 0 Å². The largest absolute Gasteiger partial charge is 0.310 e. The van der Waals surface area contributed by atoms with Crippen molar-refractivity contribution in [3.05, 3.63) is 30.1 Å². The molecule has 1 aromatic heterocycles. The molecule has 0 aliphatic heterocycles. The second-order valence-corrected chi connectivity index (χ2v) is 3.63. The van der Waals surface area contributed by atoms with E-state index in [9.17, 15) is 0 Å². The topological polar surface area (TPSA) is 24.9 Å². The van der Waals surface area contributed by atoms with E-state index in [-0.39, 0.29) is 0 Å². The maximum Gasteiger partial charge on any atom is 0.0271 e. The summed E-state index contributed by atoms with van der Waals surface area (Å²) >= 11 is 0. The van der Waals surface area contributed by atoms with Crippen LogP contribution in [-0.2, 0) is 6.54 Å².